The molecule has 0 radical (unpaired) electrons. The smallest absolute Gasteiger partial charge is 0.413 e. The Labute approximate surface area is 603 Å². The lowest BCUT2D eigenvalue weighted by atomic mass is 10.00. The number of carbonyl (C=O) groups is 6. The fraction of sp³-hybridized carbons (Fsp3) is 0.403. The van der Waals surface area contributed by atoms with E-state index in [4.69, 9.17) is 59.1 Å². The minimum absolute atomic E-state index is 0.00142. The summed E-state index contributed by atoms with van der Waals surface area (Å²) in [5.41, 5.74) is 3.54. The number of fused-ring (bicyclic) bond motifs is 2. The molecule has 4 aliphatic rings. The molecular formula is C72H81ClN11O16S2+. The van der Waals surface area contributed by atoms with Gasteiger partial charge in [0.05, 0.1) is 78.5 Å². The summed E-state index contributed by atoms with van der Waals surface area (Å²) < 4.78 is 53.0. The molecule has 0 spiro atoms. The van der Waals surface area contributed by atoms with Gasteiger partial charge in [0.1, 0.15) is 78.1 Å². The van der Waals surface area contributed by atoms with E-state index >= 15 is 9.59 Å². The highest BCUT2D eigenvalue weighted by molar-refractivity contribution is 8.00. The second-order valence-electron chi connectivity index (χ2n) is 25.7. The van der Waals surface area contributed by atoms with Crippen LogP contribution in [0.15, 0.2) is 125 Å². The molecule has 3 saturated heterocycles. The van der Waals surface area contributed by atoms with Gasteiger partial charge in [-0.15, -0.1) is 28.2 Å². The zero-order valence-corrected chi connectivity index (χ0v) is 60.2. The van der Waals surface area contributed by atoms with Gasteiger partial charge >= 0.3 is 18.0 Å². The number of oxime groups is 1. The minimum Gasteiger partial charge on any atom is -0.497 e. The first-order chi connectivity index (χ1) is 49.2. The van der Waals surface area contributed by atoms with Gasteiger partial charge in [-0.2, -0.15) is 0 Å². The predicted octanol–water partition coefficient (Wildman–Crippen LogP) is 9.88. The molecular weight excluding hydrogens is 1370 g/mol. The van der Waals surface area contributed by atoms with Crippen molar-refractivity contribution in [2.24, 2.45) is 5.16 Å². The number of methoxy groups -OCH3 is 4. The number of halogens is 1. The van der Waals surface area contributed by atoms with Crippen molar-refractivity contribution in [3.63, 3.8) is 0 Å². The highest BCUT2D eigenvalue weighted by Crippen LogP contribution is 2.46. The van der Waals surface area contributed by atoms with E-state index in [2.05, 4.69) is 36.3 Å². The summed E-state index contributed by atoms with van der Waals surface area (Å²) in [6.45, 7) is 9.76. The van der Waals surface area contributed by atoms with Crippen molar-refractivity contribution in [3.05, 3.63) is 165 Å². The van der Waals surface area contributed by atoms with Crippen LogP contribution in [0.5, 0.6) is 34.5 Å². The number of aromatic nitrogens is 5. The van der Waals surface area contributed by atoms with Crippen LogP contribution in [0.25, 0.3) is 5.70 Å². The van der Waals surface area contributed by atoms with E-state index in [0.29, 0.717) is 100.0 Å². The SMILES string of the molecule is CCCC(=O)OCC[C@H](O/N=C(\C(=O)N[C@@H]1C(=O)N2C(c3nnnn3Cc3ccc(OC)cc3)=C(C[N+]34CCC[C@H]3CN(C(=O)c3cc(Cl)c(OCc5ccc(OC)cc5)c(OCc5ccc(OC)cc5)c3)CC4)CS[C@H]12)c1csc(NC(=O)OC(C)(C)C)n1)C(=O)OCc1ccc(OC)cc1. The topological polar surface area (TPSA) is 294 Å². The molecule has 0 saturated carbocycles. The molecule has 102 heavy (non-hydrogen) atoms. The van der Waals surface area contributed by atoms with E-state index in [1.807, 2.05) is 84.6 Å². The summed E-state index contributed by atoms with van der Waals surface area (Å²) in [5, 5.41) is 24.0. The quantitative estimate of drug-likeness (QED) is 0.0106. The van der Waals surface area contributed by atoms with Crippen LogP contribution in [-0.2, 0) is 64.6 Å². The number of nitrogens with zero attached hydrogens (tertiary/aromatic N) is 9. The maximum Gasteiger partial charge on any atom is 0.413 e. The Bertz CT molecular complexity index is 4210. The number of piperazine rings is 1. The molecule has 4 amide bonds. The number of ether oxygens (including phenoxy) is 9. The number of carbonyl (C=O) groups excluding carboxylic acids is 6. The van der Waals surface area contributed by atoms with Gasteiger partial charge in [-0.25, -0.2) is 19.3 Å². The Balaban J connectivity index is 0.863. The van der Waals surface area contributed by atoms with Gasteiger partial charge in [-0.3, -0.25) is 29.4 Å². The number of nitrogens with one attached hydrogen (secondary N) is 2. The summed E-state index contributed by atoms with van der Waals surface area (Å²) in [5.74, 6) is 0.992. The van der Waals surface area contributed by atoms with Gasteiger partial charge < -0.3 is 62.2 Å². The zero-order valence-electron chi connectivity index (χ0n) is 57.8. The Kier molecular flexibility index (Phi) is 23.9. The van der Waals surface area contributed by atoms with Crippen LogP contribution in [0.2, 0.25) is 5.02 Å². The van der Waals surface area contributed by atoms with E-state index in [1.165, 1.54) is 24.3 Å². The number of anilines is 1. The Hall–Kier alpha value is -9.97. The van der Waals surface area contributed by atoms with Crippen LogP contribution >= 0.6 is 34.7 Å². The molecule has 3 fully saturated rings. The molecule has 5 atom stereocenters. The number of hydrogen-bond donors (Lipinski definition) is 2. The fourth-order valence-electron chi connectivity index (χ4n) is 12.4. The summed E-state index contributed by atoms with van der Waals surface area (Å²) in [6, 6.07) is 31.5. The van der Waals surface area contributed by atoms with Crippen molar-refractivity contribution in [1.29, 1.82) is 0 Å². The first kappa shape index (κ1) is 73.3. The summed E-state index contributed by atoms with van der Waals surface area (Å²) in [6.07, 6.45) is -0.174. The number of hydrogen-bond acceptors (Lipinski definition) is 23. The molecule has 538 valence electrons. The number of tetrazole rings is 1. The average Bonchev–Trinajstić information content (AvgIpc) is 1.04. The Morgan fingerprint density at radius 3 is 2.05 bits per heavy atom. The highest BCUT2D eigenvalue weighted by atomic mass is 35.5. The number of esters is 2. The number of thioether (sulfide) groups is 1. The van der Waals surface area contributed by atoms with Crippen molar-refractivity contribution < 1.29 is 80.7 Å². The largest absolute Gasteiger partial charge is 0.497 e. The third-order valence-electron chi connectivity index (χ3n) is 17.6. The summed E-state index contributed by atoms with van der Waals surface area (Å²) in [7, 11) is 6.32. The van der Waals surface area contributed by atoms with Gasteiger partial charge in [0.15, 0.2) is 28.2 Å². The van der Waals surface area contributed by atoms with E-state index in [1.54, 1.807) is 88.1 Å². The van der Waals surface area contributed by atoms with Gasteiger partial charge in [-0.05, 0) is 121 Å². The van der Waals surface area contributed by atoms with Crippen LogP contribution in [-0.4, -0.2) is 184 Å². The molecule has 2 N–H and O–H groups in total. The zero-order chi connectivity index (χ0) is 72.1. The van der Waals surface area contributed by atoms with E-state index < -0.39 is 58.7 Å². The molecule has 30 heteroatoms. The summed E-state index contributed by atoms with van der Waals surface area (Å²) in [4.78, 5) is 98.5. The average molecular weight is 1460 g/mol. The molecule has 0 bridgehead atoms. The van der Waals surface area contributed by atoms with Gasteiger partial charge in [0.25, 0.3) is 17.7 Å². The highest BCUT2D eigenvalue weighted by Gasteiger charge is 2.56. The molecule has 4 aliphatic heterocycles. The van der Waals surface area contributed by atoms with Crippen LogP contribution in [0.3, 0.4) is 0 Å². The minimum atomic E-state index is -1.52. The maximum absolute atomic E-state index is 15.3. The molecule has 2 aromatic heterocycles. The standard InChI is InChI=1S/C72H80ClN11O16S2/c1-9-11-59(85)95-33-29-57(69(89)98-41-47-19-27-54(94-8)28-20-47)100-78-60(56-43-102-70(74-56)76-71(90)99-72(2,3)4)65(86)75-61-67(88)83-62(64-77-79-80-82(64)36-44-13-21-51(91-5)22-14-44)49(42-101-68(61)83)38-84-31-10-12-50(84)37-81(30-32-84)66(87)48-34-55(73)63(97-40-46-17-25-53(93-7)26-18-46)58(35-48)96-39-45-15-23-52(92-6)24-16-45/h13-28,34-35,43,50,57,61,68H,9-12,29-33,36-42H2,1-8H3,(H-,74,75,76,86,90)/p+1/b78-60-/t50-,57-,61+,68+,84?/m0/s1. The number of amides is 4. The molecule has 27 nitrogen and oxygen atoms in total. The van der Waals surface area contributed by atoms with Crippen molar-refractivity contribution in [2.45, 2.75) is 115 Å². The predicted molar refractivity (Wildman–Crippen MR) is 378 cm³/mol. The molecule has 1 unspecified atom stereocenters. The Morgan fingerprint density at radius 1 is 0.794 bits per heavy atom. The number of β-lactam (4-membered cyclic amide) rings is 1. The van der Waals surface area contributed by atoms with Gasteiger partial charge in [0, 0.05) is 48.0 Å². The second kappa shape index (κ2) is 33.2. The summed E-state index contributed by atoms with van der Waals surface area (Å²) >= 11 is 9.49. The molecule has 7 aromatic rings. The normalized spacial score (nSPS) is 18.2. The molecule has 6 heterocycles. The number of rotatable bonds is 30. The van der Waals surface area contributed by atoms with Crippen molar-refractivity contribution in [1.82, 2.24) is 40.3 Å². The van der Waals surface area contributed by atoms with Gasteiger partial charge in [-0.1, -0.05) is 72.2 Å². The number of thiazole rings is 1. The van der Waals surface area contributed by atoms with E-state index in [0.717, 1.165) is 53.0 Å². The first-order valence-electron chi connectivity index (χ1n) is 33.3. The van der Waals surface area contributed by atoms with Crippen molar-refractivity contribution >= 4 is 87.0 Å². The monoisotopic (exact) mass is 1450 g/mol. The number of quaternary nitrogens is 1. The first-order valence-corrected chi connectivity index (χ1v) is 35.6. The molecule has 5 aromatic carbocycles. The molecule has 11 rings (SSSR count). The van der Waals surface area contributed by atoms with Crippen molar-refractivity contribution in [3.8, 4) is 34.5 Å². The van der Waals surface area contributed by atoms with E-state index in [-0.39, 0.29) is 73.6 Å². The van der Waals surface area contributed by atoms with Crippen LogP contribution < -0.4 is 39.1 Å². The fourth-order valence-corrected chi connectivity index (χ4v) is 14.6. The molecule has 0 aliphatic carbocycles. The van der Waals surface area contributed by atoms with Crippen LogP contribution in [0.4, 0.5) is 9.93 Å². The third kappa shape index (κ3) is 17.8. The maximum atomic E-state index is 15.3. The van der Waals surface area contributed by atoms with Crippen LogP contribution in [0.1, 0.15) is 104 Å². The number of benzene rings is 5. The second-order valence-corrected chi connectivity index (χ2v) is 28.0. The van der Waals surface area contributed by atoms with E-state index in [9.17, 15) is 19.2 Å². The lowest BCUT2D eigenvalue weighted by Crippen LogP contribution is -2.70. The van der Waals surface area contributed by atoms with Crippen LogP contribution in [0, 0.1) is 0 Å². The Morgan fingerprint density at radius 2 is 1.42 bits per heavy atom. The lowest BCUT2D eigenvalue weighted by Gasteiger charge is -2.52. The van der Waals surface area contributed by atoms with Gasteiger partial charge in [0.2, 0.25) is 6.10 Å². The van der Waals surface area contributed by atoms with Crippen molar-refractivity contribution in [2.75, 3.05) is 78.8 Å². The lowest BCUT2D eigenvalue weighted by molar-refractivity contribution is -0.938. The third-order valence-corrected chi connectivity index (χ3v) is 20.0.